The molecule has 19 heavy (non-hydrogen) atoms. The molecule has 3 rings (SSSR count). The van der Waals surface area contributed by atoms with Gasteiger partial charge in [0.2, 0.25) is 0 Å². The van der Waals surface area contributed by atoms with E-state index < -0.39 is 5.91 Å². The number of hydrogen-bond acceptors (Lipinski definition) is 4. The highest BCUT2D eigenvalue weighted by atomic mass is 16.1. The highest BCUT2D eigenvalue weighted by molar-refractivity contribution is 5.93. The van der Waals surface area contributed by atoms with E-state index >= 15 is 0 Å². The summed E-state index contributed by atoms with van der Waals surface area (Å²) in [5.41, 5.74) is 6.67. The number of carbonyl (C=O) groups is 1. The highest BCUT2D eigenvalue weighted by Gasteiger charge is 2.30. The zero-order valence-corrected chi connectivity index (χ0v) is 10.5. The normalized spacial score (nSPS) is 19.9. The van der Waals surface area contributed by atoms with E-state index in [9.17, 15) is 4.79 Å². The summed E-state index contributed by atoms with van der Waals surface area (Å²) >= 11 is 0. The number of nitrogens with two attached hydrogens (primary N) is 1. The van der Waals surface area contributed by atoms with E-state index in [0.29, 0.717) is 5.56 Å². The minimum Gasteiger partial charge on any atom is -0.365 e. The molecule has 4 N–H and O–H groups in total. The van der Waals surface area contributed by atoms with Gasteiger partial charge in [-0.1, -0.05) is 0 Å². The van der Waals surface area contributed by atoms with Crippen molar-refractivity contribution in [1.82, 2.24) is 25.1 Å². The van der Waals surface area contributed by atoms with Crippen LogP contribution in [0.2, 0.25) is 0 Å². The quantitative estimate of drug-likeness (QED) is 0.747. The largest absolute Gasteiger partial charge is 0.365 e. The van der Waals surface area contributed by atoms with Gasteiger partial charge in [0.25, 0.3) is 5.91 Å². The summed E-state index contributed by atoms with van der Waals surface area (Å²) in [6.45, 7) is 1.71. The van der Waals surface area contributed by atoms with E-state index in [2.05, 4.69) is 25.1 Å². The van der Waals surface area contributed by atoms with Gasteiger partial charge in [-0.05, 0) is 19.4 Å². The molecule has 2 aromatic heterocycles. The Labute approximate surface area is 110 Å². The fraction of sp³-hybridized carbons (Fsp3) is 0.417. The van der Waals surface area contributed by atoms with E-state index in [1.807, 2.05) is 6.20 Å². The van der Waals surface area contributed by atoms with Crippen molar-refractivity contribution in [3.05, 3.63) is 35.7 Å². The Morgan fingerprint density at radius 2 is 2.47 bits per heavy atom. The number of imidazole rings is 1. The van der Waals surface area contributed by atoms with Gasteiger partial charge in [-0.15, -0.1) is 0 Å². The maximum Gasteiger partial charge on any atom is 0.252 e. The Morgan fingerprint density at radius 1 is 1.58 bits per heavy atom. The zero-order valence-electron chi connectivity index (χ0n) is 10.5. The lowest BCUT2D eigenvalue weighted by Gasteiger charge is -2.22. The van der Waals surface area contributed by atoms with Gasteiger partial charge in [-0.2, -0.15) is 5.10 Å². The van der Waals surface area contributed by atoms with Gasteiger partial charge in [0, 0.05) is 12.4 Å². The fourth-order valence-electron chi connectivity index (χ4n) is 2.67. The summed E-state index contributed by atoms with van der Waals surface area (Å²) < 4.78 is 0. The van der Waals surface area contributed by atoms with Crippen molar-refractivity contribution in [2.75, 3.05) is 6.54 Å². The first kappa shape index (κ1) is 11.9. The molecule has 3 heterocycles. The summed E-state index contributed by atoms with van der Waals surface area (Å²) in [6, 6.07) is 0.148. The Hall–Kier alpha value is -2.15. The Morgan fingerprint density at radius 3 is 3.21 bits per heavy atom. The van der Waals surface area contributed by atoms with Crippen molar-refractivity contribution >= 4 is 5.91 Å². The second-order valence-corrected chi connectivity index (χ2v) is 4.73. The van der Waals surface area contributed by atoms with E-state index in [-0.39, 0.29) is 6.04 Å². The average Bonchev–Trinajstić information content (AvgIpc) is 3.08. The molecule has 1 fully saturated rings. The van der Waals surface area contributed by atoms with Gasteiger partial charge in [-0.25, -0.2) is 4.98 Å². The lowest BCUT2D eigenvalue weighted by atomic mass is 10.1. The summed E-state index contributed by atoms with van der Waals surface area (Å²) in [4.78, 5) is 21.0. The summed E-state index contributed by atoms with van der Waals surface area (Å²) in [7, 11) is 0. The third-order valence-electron chi connectivity index (χ3n) is 3.54. The van der Waals surface area contributed by atoms with Crippen LogP contribution in [0.25, 0.3) is 0 Å². The molecule has 7 nitrogen and oxygen atoms in total. The minimum absolute atomic E-state index is 0.148. The molecule has 7 heteroatoms. The van der Waals surface area contributed by atoms with Crippen LogP contribution in [0.5, 0.6) is 0 Å². The number of hydrogen-bond donors (Lipinski definition) is 3. The zero-order chi connectivity index (χ0) is 13.2. The van der Waals surface area contributed by atoms with E-state index in [4.69, 9.17) is 5.73 Å². The molecule has 100 valence electrons. The van der Waals surface area contributed by atoms with E-state index in [1.165, 1.54) is 6.20 Å². The third-order valence-corrected chi connectivity index (χ3v) is 3.54. The van der Waals surface area contributed by atoms with Crippen LogP contribution in [-0.4, -0.2) is 37.5 Å². The predicted octanol–water partition coefficient (Wildman–Crippen LogP) is 0.569. The maximum atomic E-state index is 11.4. The number of aromatic nitrogens is 4. The molecular formula is C12H16N6O. The predicted molar refractivity (Wildman–Crippen MR) is 68.1 cm³/mol. The number of aromatic amines is 2. The Balaban J connectivity index is 1.82. The van der Waals surface area contributed by atoms with Crippen molar-refractivity contribution in [2.45, 2.75) is 25.4 Å². The van der Waals surface area contributed by atoms with Gasteiger partial charge in [0.15, 0.2) is 0 Å². The van der Waals surface area contributed by atoms with Gasteiger partial charge >= 0.3 is 0 Å². The van der Waals surface area contributed by atoms with Gasteiger partial charge in [0.05, 0.1) is 30.0 Å². The minimum atomic E-state index is -0.436. The van der Waals surface area contributed by atoms with Crippen LogP contribution in [-0.2, 0) is 6.54 Å². The molecule has 0 spiro atoms. The van der Waals surface area contributed by atoms with Crippen LogP contribution in [0.1, 0.15) is 40.8 Å². The molecule has 0 bridgehead atoms. The molecule has 1 aliphatic heterocycles. The summed E-state index contributed by atoms with van der Waals surface area (Å²) in [6.07, 6.45) is 7.13. The van der Waals surface area contributed by atoms with Crippen molar-refractivity contribution in [1.29, 1.82) is 0 Å². The fourth-order valence-corrected chi connectivity index (χ4v) is 2.67. The van der Waals surface area contributed by atoms with Crippen LogP contribution in [0.3, 0.4) is 0 Å². The second-order valence-electron chi connectivity index (χ2n) is 4.73. The molecule has 1 amide bonds. The topological polar surface area (TPSA) is 104 Å². The van der Waals surface area contributed by atoms with Crippen LogP contribution in [0, 0.1) is 0 Å². The number of likely N-dealkylation sites (tertiary alicyclic amines) is 1. The number of primary amides is 1. The molecule has 1 aliphatic rings. The van der Waals surface area contributed by atoms with Crippen molar-refractivity contribution in [3.8, 4) is 0 Å². The molecular weight excluding hydrogens is 244 g/mol. The van der Waals surface area contributed by atoms with Gasteiger partial charge in [-0.3, -0.25) is 14.8 Å². The van der Waals surface area contributed by atoms with Gasteiger partial charge < -0.3 is 10.7 Å². The molecule has 0 aromatic carbocycles. The smallest absolute Gasteiger partial charge is 0.252 e. The summed E-state index contributed by atoms with van der Waals surface area (Å²) in [5.74, 6) is 0.487. The first-order valence-electron chi connectivity index (χ1n) is 6.31. The van der Waals surface area contributed by atoms with Crippen molar-refractivity contribution in [3.63, 3.8) is 0 Å². The number of amides is 1. The second kappa shape index (κ2) is 4.85. The van der Waals surface area contributed by atoms with Crippen LogP contribution < -0.4 is 5.73 Å². The molecule has 1 unspecified atom stereocenters. The number of nitrogens with one attached hydrogen (secondary N) is 2. The number of H-pyrrole nitrogens is 2. The lowest BCUT2D eigenvalue weighted by molar-refractivity contribution is 0.0997. The van der Waals surface area contributed by atoms with Crippen LogP contribution >= 0.6 is 0 Å². The Bertz CT molecular complexity index is 561. The van der Waals surface area contributed by atoms with Crippen molar-refractivity contribution in [2.24, 2.45) is 5.73 Å². The summed E-state index contributed by atoms with van der Waals surface area (Å²) in [5, 5.41) is 6.86. The average molecular weight is 260 g/mol. The maximum absolute atomic E-state index is 11.4. The molecule has 0 radical (unpaired) electrons. The molecule has 0 saturated carbocycles. The standard InChI is InChI=1S/C12H16N6O/c13-12(19)8-6-16-17-11(8)9-2-1-5-18(9)7-10-14-3-4-15-10/h3-4,6,9H,1-2,5,7H2,(H2,13,19)(H,14,15)(H,16,17). The number of rotatable bonds is 4. The van der Waals surface area contributed by atoms with Gasteiger partial charge in [0.1, 0.15) is 5.82 Å². The first-order chi connectivity index (χ1) is 9.25. The van der Waals surface area contributed by atoms with Crippen molar-refractivity contribution < 1.29 is 4.79 Å². The number of nitrogens with zero attached hydrogens (tertiary/aromatic N) is 3. The molecule has 1 atom stereocenters. The van der Waals surface area contributed by atoms with E-state index in [1.54, 1.807) is 6.20 Å². The molecule has 1 saturated heterocycles. The first-order valence-corrected chi connectivity index (χ1v) is 6.31. The number of carbonyl (C=O) groups excluding carboxylic acids is 1. The third kappa shape index (κ3) is 2.24. The molecule has 2 aromatic rings. The SMILES string of the molecule is NC(=O)c1cn[nH]c1C1CCCN1Cc1ncc[nH]1. The highest BCUT2D eigenvalue weighted by Crippen LogP contribution is 2.33. The lowest BCUT2D eigenvalue weighted by Crippen LogP contribution is -2.25. The monoisotopic (exact) mass is 260 g/mol. The van der Waals surface area contributed by atoms with Crippen LogP contribution in [0.15, 0.2) is 18.6 Å². The molecule has 0 aliphatic carbocycles. The van der Waals surface area contributed by atoms with E-state index in [0.717, 1.165) is 37.4 Å². The Kier molecular flexibility index (Phi) is 3.04. The van der Waals surface area contributed by atoms with Crippen LogP contribution in [0.4, 0.5) is 0 Å².